The third kappa shape index (κ3) is 4.38. The van der Waals surface area contributed by atoms with Gasteiger partial charge in [-0.25, -0.2) is 13.6 Å². The summed E-state index contributed by atoms with van der Waals surface area (Å²) in [5.41, 5.74) is 0.289. The molecule has 0 aliphatic carbocycles. The predicted molar refractivity (Wildman–Crippen MR) is 109 cm³/mol. The fraction of sp³-hybridized carbons (Fsp3) is 0.500. The average Bonchev–Trinajstić information content (AvgIpc) is 2.74. The van der Waals surface area contributed by atoms with Gasteiger partial charge in [-0.05, 0) is 19.1 Å². The number of ether oxygens (including phenoxy) is 1. The van der Waals surface area contributed by atoms with Crippen LogP contribution in [0.15, 0.2) is 23.1 Å². The third-order valence-corrected chi connectivity index (χ3v) is 5.49. The topological polar surface area (TPSA) is 54.8 Å². The van der Waals surface area contributed by atoms with Crippen molar-refractivity contribution in [3.8, 4) is 0 Å². The SMILES string of the molecule is CCn1cc(C(=O)OC)c(=O)c2cc(F)c(N3CCN(CC(Cl)CF)CC3)cc21. The van der Waals surface area contributed by atoms with Crippen LogP contribution in [0.5, 0.6) is 0 Å². The number of hydrogen-bond acceptors (Lipinski definition) is 5. The van der Waals surface area contributed by atoms with Crippen LogP contribution < -0.4 is 10.3 Å². The molecule has 1 aromatic heterocycles. The summed E-state index contributed by atoms with van der Waals surface area (Å²) in [7, 11) is 1.20. The van der Waals surface area contributed by atoms with Gasteiger partial charge in [0.1, 0.15) is 18.1 Å². The maximum Gasteiger partial charge on any atom is 0.343 e. The number of aryl methyl sites for hydroxylation is 1. The van der Waals surface area contributed by atoms with E-state index in [9.17, 15) is 18.4 Å². The number of benzene rings is 1. The van der Waals surface area contributed by atoms with E-state index in [1.807, 2.05) is 11.8 Å². The molecule has 29 heavy (non-hydrogen) atoms. The number of pyridine rings is 1. The first-order chi connectivity index (χ1) is 13.9. The van der Waals surface area contributed by atoms with Crippen molar-refractivity contribution in [2.75, 3.05) is 51.4 Å². The lowest BCUT2D eigenvalue weighted by atomic mass is 10.1. The summed E-state index contributed by atoms with van der Waals surface area (Å²) >= 11 is 5.88. The molecular weight excluding hydrogens is 404 g/mol. The Morgan fingerprint density at radius 2 is 1.97 bits per heavy atom. The van der Waals surface area contributed by atoms with Crippen LogP contribution in [0.2, 0.25) is 0 Å². The van der Waals surface area contributed by atoms with Gasteiger partial charge in [-0.3, -0.25) is 9.69 Å². The second-order valence-corrected chi connectivity index (χ2v) is 7.63. The van der Waals surface area contributed by atoms with Crippen LogP contribution in [0, 0.1) is 5.82 Å². The molecule has 1 unspecified atom stereocenters. The highest BCUT2D eigenvalue weighted by Crippen LogP contribution is 2.26. The maximum absolute atomic E-state index is 14.9. The summed E-state index contributed by atoms with van der Waals surface area (Å²) in [6, 6.07) is 2.84. The van der Waals surface area contributed by atoms with Crippen molar-refractivity contribution in [1.82, 2.24) is 9.47 Å². The van der Waals surface area contributed by atoms with Crippen LogP contribution in [-0.4, -0.2) is 67.3 Å². The highest BCUT2D eigenvalue weighted by molar-refractivity contribution is 6.20. The first kappa shape index (κ1) is 21.5. The first-order valence-corrected chi connectivity index (χ1v) is 9.95. The molecule has 1 atom stereocenters. The standard InChI is InChI=1S/C20H24ClF2N3O3/c1-3-25-12-15(20(28)29-2)19(27)14-8-16(23)18(9-17(14)25)26-6-4-24(5-7-26)11-13(21)10-22/h8-9,12-13H,3-7,10-11H2,1-2H3. The lowest BCUT2D eigenvalue weighted by molar-refractivity contribution is 0.0598. The van der Waals surface area contributed by atoms with Gasteiger partial charge < -0.3 is 14.2 Å². The minimum absolute atomic E-state index is 0.119. The number of hydrogen-bond donors (Lipinski definition) is 0. The minimum atomic E-state index is -0.745. The van der Waals surface area contributed by atoms with Crippen molar-refractivity contribution >= 4 is 34.2 Å². The number of aromatic nitrogens is 1. The number of carbonyl (C=O) groups is 1. The van der Waals surface area contributed by atoms with Crippen LogP contribution in [0.1, 0.15) is 17.3 Å². The van der Waals surface area contributed by atoms with Gasteiger partial charge in [0.2, 0.25) is 5.43 Å². The highest BCUT2D eigenvalue weighted by Gasteiger charge is 2.23. The number of rotatable bonds is 6. The van der Waals surface area contributed by atoms with E-state index in [1.165, 1.54) is 19.4 Å². The minimum Gasteiger partial charge on any atom is -0.465 e. The van der Waals surface area contributed by atoms with Gasteiger partial charge in [0, 0.05) is 50.9 Å². The van der Waals surface area contributed by atoms with Gasteiger partial charge in [0.25, 0.3) is 0 Å². The van der Waals surface area contributed by atoms with E-state index in [1.54, 1.807) is 10.6 Å². The zero-order chi connectivity index (χ0) is 21.1. The summed E-state index contributed by atoms with van der Waals surface area (Å²) in [4.78, 5) is 28.5. The zero-order valence-electron chi connectivity index (χ0n) is 16.5. The molecule has 2 heterocycles. The summed E-state index contributed by atoms with van der Waals surface area (Å²) in [6.07, 6.45) is 1.45. The molecule has 0 saturated carbocycles. The van der Waals surface area contributed by atoms with Crippen molar-refractivity contribution in [3.63, 3.8) is 0 Å². The molecule has 1 aromatic carbocycles. The Kier molecular flexibility index (Phi) is 6.74. The number of anilines is 1. The number of halogens is 3. The predicted octanol–water partition coefficient (Wildman–Crippen LogP) is 2.65. The largest absolute Gasteiger partial charge is 0.465 e. The lowest BCUT2D eigenvalue weighted by Crippen LogP contribution is -2.48. The van der Waals surface area contributed by atoms with E-state index in [2.05, 4.69) is 9.64 Å². The van der Waals surface area contributed by atoms with Crippen molar-refractivity contribution in [1.29, 1.82) is 0 Å². The molecule has 0 bridgehead atoms. The first-order valence-electron chi connectivity index (χ1n) is 9.51. The number of nitrogens with zero attached hydrogens (tertiary/aromatic N) is 3. The second kappa shape index (κ2) is 9.09. The number of esters is 1. The highest BCUT2D eigenvalue weighted by atomic mass is 35.5. The van der Waals surface area contributed by atoms with Crippen LogP contribution in [0.3, 0.4) is 0 Å². The van der Waals surface area contributed by atoms with E-state index >= 15 is 0 Å². The second-order valence-electron chi connectivity index (χ2n) is 7.01. The average molecular weight is 428 g/mol. The molecule has 1 aliphatic heterocycles. The molecular formula is C20H24ClF2N3O3. The number of carbonyl (C=O) groups excluding carboxylic acids is 1. The third-order valence-electron chi connectivity index (χ3n) is 5.23. The monoisotopic (exact) mass is 427 g/mol. The molecule has 9 heteroatoms. The molecule has 158 valence electrons. The molecule has 2 aromatic rings. The summed E-state index contributed by atoms with van der Waals surface area (Å²) in [6.45, 7) is 4.66. The molecule has 0 amide bonds. The molecule has 0 radical (unpaired) electrons. The molecule has 1 aliphatic rings. The van der Waals surface area contributed by atoms with Gasteiger partial charge in [0.15, 0.2) is 0 Å². The molecule has 1 fully saturated rings. The Morgan fingerprint density at radius 1 is 1.28 bits per heavy atom. The van der Waals surface area contributed by atoms with Crippen molar-refractivity contribution in [3.05, 3.63) is 39.9 Å². The van der Waals surface area contributed by atoms with Crippen molar-refractivity contribution in [2.45, 2.75) is 18.8 Å². The smallest absolute Gasteiger partial charge is 0.343 e. The van der Waals surface area contributed by atoms with E-state index in [-0.39, 0.29) is 10.9 Å². The summed E-state index contributed by atoms with van der Waals surface area (Å²) in [5.74, 6) is -1.27. The Balaban J connectivity index is 1.94. The Morgan fingerprint density at radius 3 is 2.55 bits per heavy atom. The van der Waals surface area contributed by atoms with E-state index < -0.39 is 29.3 Å². The maximum atomic E-state index is 14.9. The summed E-state index contributed by atoms with van der Waals surface area (Å²) < 4.78 is 33.9. The summed E-state index contributed by atoms with van der Waals surface area (Å²) in [5, 5.41) is -0.399. The molecule has 0 N–H and O–H groups in total. The Labute approximate surface area is 172 Å². The molecule has 1 saturated heterocycles. The van der Waals surface area contributed by atoms with E-state index in [0.717, 1.165) is 0 Å². The van der Waals surface area contributed by atoms with Gasteiger partial charge in [-0.2, -0.15) is 0 Å². The quantitative estimate of drug-likeness (QED) is 0.524. The van der Waals surface area contributed by atoms with Gasteiger partial charge in [-0.1, -0.05) is 0 Å². The Hall–Kier alpha value is -2.19. The van der Waals surface area contributed by atoms with Crippen LogP contribution in [0.4, 0.5) is 14.5 Å². The fourth-order valence-corrected chi connectivity index (χ4v) is 3.85. The molecule has 6 nitrogen and oxygen atoms in total. The molecule has 3 rings (SSSR count). The van der Waals surface area contributed by atoms with Gasteiger partial charge in [0.05, 0.1) is 23.7 Å². The van der Waals surface area contributed by atoms with Gasteiger partial charge in [-0.15, -0.1) is 11.6 Å². The number of alkyl halides is 2. The van der Waals surface area contributed by atoms with Gasteiger partial charge >= 0.3 is 5.97 Å². The fourth-order valence-electron chi connectivity index (χ4n) is 3.66. The molecule has 0 spiro atoms. The van der Waals surface area contributed by atoms with E-state index in [4.69, 9.17) is 11.6 Å². The van der Waals surface area contributed by atoms with Crippen molar-refractivity contribution < 1.29 is 18.3 Å². The lowest BCUT2D eigenvalue weighted by Gasteiger charge is -2.36. The normalized spacial score (nSPS) is 16.2. The van der Waals surface area contributed by atoms with Crippen LogP contribution in [-0.2, 0) is 11.3 Å². The zero-order valence-corrected chi connectivity index (χ0v) is 17.2. The number of fused-ring (bicyclic) bond motifs is 1. The van der Waals surface area contributed by atoms with Crippen LogP contribution in [0.25, 0.3) is 10.9 Å². The van der Waals surface area contributed by atoms with Crippen LogP contribution >= 0.6 is 11.6 Å². The Bertz CT molecular complexity index is 958. The van der Waals surface area contributed by atoms with Crippen molar-refractivity contribution in [2.24, 2.45) is 0 Å². The number of methoxy groups -OCH3 is 1. The number of piperazine rings is 1. The van der Waals surface area contributed by atoms with E-state index in [0.29, 0.717) is 50.5 Å².